The number of aliphatic hydroxyl groups excluding tert-OH is 1. The van der Waals surface area contributed by atoms with Crippen molar-refractivity contribution in [3.63, 3.8) is 0 Å². The molecule has 2 aromatic rings. The summed E-state index contributed by atoms with van der Waals surface area (Å²) >= 11 is 4.81. The summed E-state index contributed by atoms with van der Waals surface area (Å²) < 4.78 is 7.23. The highest BCUT2D eigenvalue weighted by Crippen LogP contribution is 2.36. The number of morpholine rings is 1. The topological polar surface area (TPSA) is 75.8 Å². The van der Waals surface area contributed by atoms with Gasteiger partial charge in [0.25, 0.3) is 5.91 Å². The number of hydrogen-bond acceptors (Lipinski definition) is 5. The van der Waals surface area contributed by atoms with Gasteiger partial charge in [-0.3, -0.25) is 4.79 Å². The van der Waals surface area contributed by atoms with Gasteiger partial charge in [0, 0.05) is 21.1 Å². The van der Waals surface area contributed by atoms with Crippen molar-refractivity contribution in [3.8, 4) is 0 Å². The number of carbonyl (C=O) groups excluding carboxylic acids is 1. The van der Waals surface area contributed by atoms with Crippen molar-refractivity contribution in [3.05, 3.63) is 27.5 Å². The van der Waals surface area contributed by atoms with E-state index in [2.05, 4.69) is 15.9 Å². The van der Waals surface area contributed by atoms with Crippen molar-refractivity contribution < 1.29 is 14.6 Å². The van der Waals surface area contributed by atoms with Gasteiger partial charge in [-0.15, -0.1) is 11.3 Å². The van der Waals surface area contributed by atoms with Crippen LogP contribution in [0.3, 0.4) is 0 Å². The molecular formula is C14H15BrN2O3S. The Kier molecular flexibility index (Phi) is 4.17. The highest BCUT2D eigenvalue weighted by atomic mass is 79.9. The molecule has 1 aromatic carbocycles. The third kappa shape index (κ3) is 2.66. The molecule has 0 radical (unpaired) electrons. The minimum atomic E-state index is -0.303. The zero-order chi connectivity index (χ0) is 15.0. The summed E-state index contributed by atoms with van der Waals surface area (Å²) in [6.45, 7) is 1.21. The summed E-state index contributed by atoms with van der Waals surface area (Å²) in [7, 11) is 0. The van der Waals surface area contributed by atoms with Crippen LogP contribution in [0, 0.1) is 0 Å². The molecule has 1 fully saturated rings. The number of ether oxygens (including phenoxy) is 1. The van der Waals surface area contributed by atoms with E-state index in [1.165, 1.54) is 11.3 Å². The Bertz CT molecular complexity index is 688. The zero-order valence-corrected chi connectivity index (χ0v) is 13.6. The van der Waals surface area contributed by atoms with Gasteiger partial charge in [-0.2, -0.15) is 0 Å². The lowest BCUT2D eigenvalue weighted by Gasteiger charge is -2.34. The lowest BCUT2D eigenvalue weighted by molar-refractivity contribution is -0.0181. The van der Waals surface area contributed by atoms with Crippen LogP contribution < -0.4 is 5.73 Å². The SMILES string of the molecule is Nc1c(C(=O)N2CCOCC2CO)sc2cc(Br)ccc12. The van der Waals surface area contributed by atoms with E-state index in [-0.39, 0.29) is 18.6 Å². The van der Waals surface area contributed by atoms with Crippen LogP contribution in [0.2, 0.25) is 0 Å². The second-order valence-electron chi connectivity index (χ2n) is 4.90. The van der Waals surface area contributed by atoms with Crippen molar-refractivity contribution in [2.24, 2.45) is 0 Å². The number of nitrogen functional groups attached to an aromatic ring is 1. The molecule has 21 heavy (non-hydrogen) atoms. The maximum Gasteiger partial charge on any atom is 0.266 e. The predicted molar refractivity (Wildman–Crippen MR) is 86.7 cm³/mol. The van der Waals surface area contributed by atoms with Crippen molar-refractivity contribution in [1.82, 2.24) is 4.90 Å². The Balaban J connectivity index is 1.99. The minimum absolute atomic E-state index is 0.109. The Morgan fingerprint density at radius 2 is 2.38 bits per heavy atom. The molecular weight excluding hydrogens is 356 g/mol. The van der Waals surface area contributed by atoms with E-state index in [0.717, 1.165) is 14.6 Å². The van der Waals surface area contributed by atoms with Crippen LogP contribution in [0.15, 0.2) is 22.7 Å². The second-order valence-corrected chi connectivity index (χ2v) is 6.86. The molecule has 1 atom stereocenters. The molecule has 1 unspecified atom stereocenters. The van der Waals surface area contributed by atoms with Crippen LogP contribution in [0.1, 0.15) is 9.67 Å². The fraction of sp³-hybridized carbons (Fsp3) is 0.357. The predicted octanol–water partition coefficient (Wildman–Crippen LogP) is 2.08. The van der Waals surface area contributed by atoms with Crippen molar-refractivity contribution >= 4 is 48.9 Å². The molecule has 0 saturated carbocycles. The average molecular weight is 371 g/mol. The monoisotopic (exact) mass is 370 g/mol. The molecule has 1 aliphatic heterocycles. The molecule has 1 aliphatic rings. The van der Waals surface area contributed by atoms with Crippen LogP contribution in [0.5, 0.6) is 0 Å². The number of nitrogens with zero attached hydrogens (tertiary/aromatic N) is 1. The Morgan fingerprint density at radius 1 is 1.57 bits per heavy atom. The summed E-state index contributed by atoms with van der Waals surface area (Å²) in [6, 6.07) is 5.47. The van der Waals surface area contributed by atoms with Crippen LogP contribution in [0.25, 0.3) is 10.1 Å². The number of nitrogens with two attached hydrogens (primary N) is 1. The third-order valence-electron chi connectivity index (χ3n) is 3.58. The lowest BCUT2D eigenvalue weighted by Crippen LogP contribution is -2.50. The molecule has 7 heteroatoms. The molecule has 1 aromatic heterocycles. The number of anilines is 1. The molecule has 1 saturated heterocycles. The number of amides is 1. The molecule has 3 N–H and O–H groups in total. The highest BCUT2D eigenvalue weighted by Gasteiger charge is 2.30. The highest BCUT2D eigenvalue weighted by molar-refractivity contribution is 9.10. The van der Waals surface area contributed by atoms with E-state index >= 15 is 0 Å². The smallest absolute Gasteiger partial charge is 0.266 e. The lowest BCUT2D eigenvalue weighted by atomic mass is 10.2. The number of fused-ring (bicyclic) bond motifs is 1. The maximum atomic E-state index is 12.7. The number of halogens is 1. The number of carbonyl (C=O) groups is 1. The van der Waals surface area contributed by atoms with Gasteiger partial charge in [-0.1, -0.05) is 22.0 Å². The average Bonchev–Trinajstić information content (AvgIpc) is 2.82. The first kappa shape index (κ1) is 14.8. The van der Waals surface area contributed by atoms with Gasteiger partial charge >= 0.3 is 0 Å². The van der Waals surface area contributed by atoms with Crippen LogP contribution in [-0.2, 0) is 4.74 Å². The largest absolute Gasteiger partial charge is 0.397 e. The van der Waals surface area contributed by atoms with Crippen LogP contribution in [-0.4, -0.2) is 48.3 Å². The number of rotatable bonds is 2. The van der Waals surface area contributed by atoms with Gasteiger partial charge in [0.15, 0.2) is 0 Å². The first-order valence-corrected chi connectivity index (χ1v) is 8.20. The van der Waals surface area contributed by atoms with Crippen molar-refractivity contribution in [2.75, 3.05) is 32.1 Å². The zero-order valence-electron chi connectivity index (χ0n) is 11.2. The normalized spacial score (nSPS) is 19.1. The maximum absolute atomic E-state index is 12.7. The van der Waals surface area contributed by atoms with E-state index in [1.54, 1.807) is 4.90 Å². The van der Waals surface area contributed by atoms with Gasteiger partial charge in [0.2, 0.25) is 0 Å². The molecule has 0 bridgehead atoms. The Hall–Kier alpha value is -1.15. The minimum Gasteiger partial charge on any atom is -0.397 e. The van der Waals surface area contributed by atoms with Crippen LogP contribution in [0.4, 0.5) is 5.69 Å². The quantitative estimate of drug-likeness (QED) is 0.848. The molecule has 2 heterocycles. The molecule has 1 amide bonds. The van der Waals surface area contributed by atoms with Gasteiger partial charge < -0.3 is 20.5 Å². The molecule has 3 rings (SSSR count). The number of thiophene rings is 1. The fourth-order valence-corrected chi connectivity index (χ4v) is 4.08. The van der Waals surface area contributed by atoms with Gasteiger partial charge in [0.05, 0.1) is 31.5 Å². The van der Waals surface area contributed by atoms with Gasteiger partial charge in [0.1, 0.15) is 4.88 Å². The summed E-state index contributed by atoms with van der Waals surface area (Å²) in [6.07, 6.45) is 0. The van der Waals surface area contributed by atoms with E-state index < -0.39 is 0 Å². The Morgan fingerprint density at radius 3 is 3.14 bits per heavy atom. The molecule has 5 nitrogen and oxygen atoms in total. The summed E-state index contributed by atoms with van der Waals surface area (Å²) in [5.74, 6) is -0.132. The van der Waals surface area contributed by atoms with E-state index in [9.17, 15) is 9.90 Å². The first-order valence-electron chi connectivity index (χ1n) is 6.59. The van der Waals surface area contributed by atoms with E-state index in [1.807, 2.05) is 18.2 Å². The summed E-state index contributed by atoms with van der Waals surface area (Å²) in [4.78, 5) is 14.9. The number of hydrogen-bond donors (Lipinski definition) is 2. The summed E-state index contributed by atoms with van der Waals surface area (Å²) in [5.41, 5.74) is 6.65. The number of benzene rings is 1. The molecule has 0 spiro atoms. The van der Waals surface area contributed by atoms with Gasteiger partial charge in [-0.05, 0) is 12.1 Å². The van der Waals surface area contributed by atoms with Gasteiger partial charge in [-0.25, -0.2) is 0 Å². The second kappa shape index (κ2) is 5.92. The first-order chi connectivity index (χ1) is 10.1. The molecule has 112 valence electrons. The molecule has 0 aliphatic carbocycles. The van der Waals surface area contributed by atoms with E-state index in [0.29, 0.717) is 30.3 Å². The van der Waals surface area contributed by atoms with E-state index in [4.69, 9.17) is 10.5 Å². The van der Waals surface area contributed by atoms with Crippen molar-refractivity contribution in [1.29, 1.82) is 0 Å². The number of aliphatic hydroxyl groups is 1. The van der Waals surface area contributed by atoms with Crippen LogP contribution >= 0.6 is 27.3 Å². The Labute approximate surface area is 134 Å². The summed E-state index contributed by atoms with van der Waals surface area (Å²) in [5, 5.41) is 10.3. The third-order valence-corrected chi connectivity index (χ3v) is 5.23. The van der Waals surface area contributed by atoms with Crippen molar-refractivity contribution in [2.45, 2.75) is 6.04 Å². The fourth-order valence-electron chi connectivity index (χ4n) is 2.45. The standard InChI is InChI=1S/C14H15BrN2O3S/c15-8-1-2-10-11(5-8)21-13(12(10)16)14(19)17-3-4-20-7-9(17)6-18/h1-2,5,9,18H,3-4,6-7,16H2.